The summed E-state index contributed by atoms with van der Waals surface area (Å²) >= 11 is 0. The smallest absolute Gasteiger partial charge is 0.330 e. The third-order valence-corrected chi connectivity index (χ3v) is 10.7. The number of carbonyl (C=O) groups excluding carboxylic acids is 2. The normalized spacial score (nSPS) is 47.5. The summed E-state index contributed by atoms with van der Waals surface area (Å²) in [6.07, 6.45) is 4.01. The van der Waals surface area contributed by atoms with Crippen LogP contribution in [0.3, 0.4) is 0 Å². The van der Waals surface area contributed by atoms with Gasteiger partial charge in [-0.3, -0.25) is 4.79 Å². The zero-order chi connectivity index (χ0) is 26.2. The summed E-state index contributed by atoms with van der Waals surface area (Å²) in [7, 11) is 0. The first-order valence-electron chi connectivity index (χ1n) is 13.0. The van der Waals surface area contributed by atoms with Crippen molar-refractivity contribution in [3.05, 3.63) is 23.3 Å². The van der Waals surface area contributed by atoms with E-state index in [2.05, 4.69) is 6.92 Å². The summed E-state index contributed by atoms with van der Waals surface area (Å²) in [5.74, 6) is -1.41. The molecule has 0 spiro atoms. The molecule has 35 heavy (non-hydrogen) atoms. The number of aliphatic hydroxyl groups excluding tert-OH is 1. The van der Waals surface area contributed by atoms with Gasteiger partial charge in [0.2, 0.25) is 0 Å². The maximum Gasteiger partial charge on any atom is 0.330 e. The number of ether oxygens (including phenoxy) is 1. The Balaban J connectivity index is 1.85. The molecule has 7 nitrogen and oxygen atoms in total. The van der Waals surface area contributed by atoms with Gasteiger partial charge in [0.1, 0.15) is 22.9 Å². The molecule has 0 aromatic rings. The molecule has 0 amide bonds. The van der Waals surface area contributed by atoms with Crippen LogP contribution >= 0.6 is 0 Å². The monoisotopic (exact) mass is 490 g/mol. The van der Waals surface area contributed by atoms with Crippen molar-refractivity contribution in [2.45, 2.75) is 115 Å². The Bertz CT molecular complexity index is 984. The lowest BCUT2D eigenvalue weighted by Crippen LogP contribution is -2.78. The third kappa shape index (κ3) is 3.38. The Hall–Kier alpha value is -1.54. The number of ketones is 1. The SMILES string of the molecule is CC(=O)[C@]1(O)CC[C@@]2(O)[C@@]1(C)[C@H](OC(=O)/C=C(\C)C(C)C)C[C@@H]1[C@]2(O)CC=C2C[C@@H](O)CC[C@]21C. The number of hydrogen-bond donors (Lipinski definition) is 4. The van der Waals surface area contributed by atoms with Crippen molar-refractivity contribution in [3.63, 3.8) is 0 Å². The van der Waals surface area contributed by atoms with Crippen LogP contribution < -0.4 is 0 Å². The lowest BCUT2D eigenvalue weighted by Gasteiger charge is -2.67. The highest BCUT2D eigenvalue weighted by Gasteiger charge is 2.81. The van der Waals surface area contributed by atoms with E-state index in [0.717, 1.165) is 11.1 Å². The highest BCUT2D eigenvalue weighted by Crippen LogP contribution is 2.70. The fourth-order valence-corrected chi connectivity index (χ4v) is 7.90. The van der Waals surface area contributed by atoms with Crippen molar-refractivity contribution in [2.75, 3.05) is 0 Å². The van der Waals surface area contributed by atoms with Gasteiger partial charge in [0.15, 0.2) is 5.78 Å². The summed E-state index contributed by atoms with van der Waals surface area (Å²) in [5, 5.41) is 46.7. The predicted octanol–water partition coefficient (Wildman–Crippen LogP) is 2.98. The van der Waals surface area contributed by atoms with Crippen LogP contribution in [0.2, 0.25) is 0 Å². The van der Waals surface area contributed by atoms with E-state index in [9.17, 15) is 30.0 Å². The molecule has 196 valence electrons. The van der Waals surface area contributed by atoms with E-state index < -0.39 is 57.5 Å². The fraction of sp³-hybridized carbons (Fsp3) is 0.786. The number of Topliss-reactive ketones (excluding diaryl/α,β-unsaturated/α-hetero) is 1. The first-order valence-corrected chi connectivity index (χ1v) is 13.0. The van der Waals surface area contributed by atoms with Crippen LogP contribution in [0.4, 0.5) is 0 Å². The van der Waals surface area contributed by atoms with Gasteiger partial charge in [-0.05, 0) is 77.0 Å². The minimum Gasteiger partial charge on any atom is -0.458 e. The van der Waals surface area contributed by atoms with Crippen LogP contribution in [0.25, 0.3) is 0 Å². The van der Waals surface area contributed by atoms with E-state index >= 15 is 0 Å². The van der Waals surface area contributed by atoms with Crippen LogP contribution in [0, 0.1) is 22.7 Å². The number of esters is 1. The van der Waals surface area contributed by atoms with Crippen molar-refractivity contribution < 1.29 is 34.8 Å². The summed E-state index contributed by atoms with van der Waals surface area (Å²) in [4.78, 5) is 25.9. The first-order chi connectivity index (χ1) is 16.1. The van der Waals surface area contributed by atoms with Crippen molar-refractivity contribution in [1.29, 1.82) is 0 Å². The average molecular weight is 491 g/mol. The van der Waals surface area contributed by atoms with Gasteiger partial charge >= 0.3 is 5.97 Å². The number of hydrogen-bond acceptors (Lipinski definition) is 7. The predicted molar refractivity (Wildman–Crippen MR) is 130 cm³/mol. The molecule has 0 aromatic carbocycles. The van der Waals surface area contributed by atoms with E-state index in [0.29, 0.717) is 19.3 Å². The third-order valence-electron chi connectivity index (χ3n) is 10.7. The lowest BCUT2D eigenvalue weighted by atomic mass is 9.42. The molecule has 0 unspecified atom stereocenters. The molecule has 4 rings (SSSR count). The highest BCUT2D eigenvalue weighted by atomic mass is 16.5. The molecule has 0 saturated heterocycles. The Morgan fingerprint density at radius 3 is 2.37 bits per heavy atom. The second-order valence-electron chi connectivity index (χ2n) is 12.4. The highest BCUT2D eigenvalue weighted by molar-refractivity contribution is 5.87. The second-order valence-corrected chi connectivity index (χ2v) is 12.4. The van der Waals surface area contributed by atoms with Crippen molar-refractivity contribution in [3.8, 4) is 0 Å². The summed E-state index contributed by atoms with van der Waals surface area (Å²) in [6.45, 7) is 10.7. The van der Waals surface area contributed by atoms with Gasteiger partial charge in [-0.15, -0.1) is 0 Å². The van der Waals surface area contributed by atoms with E-state index in [4.69, 9.17) is 4.74 Å². The number of rotatable bonds is 4. The van der Waals surface area contributed by atoms with Gasteiger partial charge in [0.05, 0.1) is 11.5 Å². The van der Waals surface area contributed by atoms with Gasteiger partial charge < -0.3 is 25.2 Å². The minimum atomic E-state index is -1.95. The molecule has 4 aliphatic carbocycles. The number of allylic oxidation sites excluding steroid dienone is 1. The van der Waals surface area contributed by atoms with E-state index in [1.54, 1.807) is 6.92 Å². The summed E-state index contributed by atoms with van der Waals surface area (Å²) in [5.41, 5.74) is -5.62. The Labute approximate surface area is 208 Å². The van der Waals surface area contributed by atoms with E-state index in [-0.39, 0.29) is 31.6 Å². The maximum absolute atomic E-state index is 13.0. The number of aliphatic hydroxyl groups is 4. The fourth-order valence-electron chi connectivity index (χ4n) is 7.90. The van der Waals surface area contributed by atoms with Crippen LogP contribution in [0.5, 0.6) is 0 Å². The number of fused-ring (bicyclic) bond motifs is 5. The Kier molecular flexibility index (Phi) is 6.24. The Morgan fingerprint density at radius 1 is 1.11 bits per heavy atom. The van der Waals surface area contributed by atoms with Crippen LogP contribution in [-0.2, 0) is 14.3 Å². The van der Waals surface area contributed by atoms with E-state index in [1.807, 2.05) is 26.8 Å². The molecule has 0 bridgehead atoms. The maximum atomic E-state index is 13.0. The van der Waals surface area contributed by atoms with Gasteiger partial charge in [-0.1, -0.05) is 38.0 Å². The zero-order valence-electron chi connectivity index (χ0n) is 21.9. The van der Waals surface area contributed by atoms with Crippen LogP contribution in [0.1, 0.15) is 86.5 Å². The molecule has 3 saturated carbocycles. The molecule has 4 N–H and O–H groups in total. The lowest BCUT2D eigenvalue weighted by molar-refractivity contribution is -0.314. The van der Waals surface area contributed by atoms with Crippen molar-refractivity contribution in [1.82, 2.24) is 0 Å². The molecule has 4 aliphatic rings. The Morgan fingerprint density at radius 2 is 1.77 bits per heavy atom. The topological polar surface area (TPSA) is 124 Å². The summed E-state index contributed by atoms with van der Waals surface area (Å²) < 4.78 is 6.01. The van der Waals surface area contributed by atoms with Gasteiger partial charge in [0.25, 0.3) is 0 Å². The molecule has 0 heterocycles. The van der Waals surface area contributed by atoms with Crippen molar-refractivity contribution >= 4 is 11.8 Å². The molecule has 3 fully saturated rings. The van der Waals surface area contributed by atoms with Crippen LogP contribution in [0.15, 0.2) is 23.3 Å². The zero-order valence-corrected chi connectivity index (χ0v) is 21.9. The molecule has 7 heteroatoms. The van der Waals surface area contributed by atoms with Crippen molar-refractivity contribution in [2.24, 2.45) is 22.7 Å². The molecule has 0 aromatic heterocycles. The number of carbonyl (C=O) groups is 2. The average Bonchev–Trinajstić information content (AvgIpc) is 3.00. The van der Waals surface area contributed by atoms with Gasteiger partial charge in [-0.2, -0.15) is 0 Å². The minimum absolute atomic E-state index is 0.0172. The quantitative estimate of drug-likeness (QED) is 0.271. The van der Waals surface area contributed by atoms with Gasteiger partial charge in [0, 0.05) is 12.0 Å². The standard InChI is InChI=1S/C28H42O7/c1-16(2)17(3)13-23(31)35-22-15-21-24(5)9-8-20(30)14-19(24)7-10-27(21,33)28(34)12-11-26(32,18(4)29)25(22,28)6/h7,13,16,20-22,30,32-34H,8-12,14-15H2,1-6H3/b17-13+/t20-,21-,22+,24+,25-,26+,27+,28+/m0/s1. The summed E-state index contributed by atoms with van der Waals surface area (Å²) in [6, 6.07) is 0. The van der Waals surface area contributed by atoms with Gasteiger partial charge in [-0.25, -0.2) is 4.79 Å². The molecule has 0 aliphatic heterocycles. The van der Waals surface area contributed by atoms with Crippen LogP contribution in [-0.4, -0.2) is 61.2 Å². The first kappa shape index (κ1) is 26.5. The molecule has 0 radical (unpaired) electrons. The second kappa shape index (κ2) is 8.23. The molecular weight excluding hydrogens is 448 g/mol. The molecular formula is C28H42O7. The van der Waals surface area contributed by atoms with E-state index in [1.165, 1.54) is 13.0 Å². The largest absolute Gasteiger partial charge is 0.458 e. The molecule has 8 atom stereocenters.